The number of carboxylic acid groups (broad SMARTS) is 1. The Morgan fingerprint density at radius 3 is 2.28 bits per heavy atom. The van der Waals surface area contributed by atoms with Crippen molar-refractivity contribution in [3.8, 4) is 0 Å². The number of rotatable bonds is 15. The number of hydrogen-bond acceptors (Lipinski definition) is 7. The van der Waals surface area contributed by atoms with E-state index in [0.717, 1.165) is 33.5 Å². The highest BCUT2D eigenvalue weighted by atomic mass is 32.2. The number of amides is 1. The molecule has 12 heteroatoms. The minimum absolute atomic E-state index is 0.0241. The molecule has 1 amide bonds. The van der Waals surface area contributed by atoms with Gasteiger partial charge >= 0.3 is 5.97 Å². The SMILES string of the molecule is CC(C)CN([C@@H](CCCCNC(=O)CSc1ccccc1)C(=O)O)S(=O)(=O)c1ccc([N+](=O)[O-])cc1. The average molecular weight is 538 g/mol. The molecule has 0 fully saturated rings. The topological polar surface area (TPSA) is 147 Å². The van der Waals surface area contributed by atoms with Gasteiger partial charge in [-0.05, 0) is 49.4 Å². The summed E-state index contributed by atoms with van der Waals surface area (Å²) in [7, 11) is -4.22. The summed E-state index contributed by atoms with van der Waals surface area (Å²) >= 11 is 1.41. The molecule has 0 spiro atoms. The molecule has 0 heterocycles. The lowest BCUT2D eigenvalue weighted by Crippen LogP contribution is -2.46. The molecule has 1 atom stereocenters. The number of carboxylic acids is 1. The van der Waals surface area contributed by atoms with Gasteiger partial charge in [-0.3, -0.25) is 19.7 Å². The third-order valence-electron chi connectivity index (χ3n) is 5.17. The van der Waals surface area contributed by atoms with E-state index in [1.807, 2.05) is 30.3 Å². The number of sulfonamides is 1. The molecule has 0 aliphatic heterocycles. The highest BCUT2D eigenvalue weighted by Crippen LogP contribution is 2.24. The number of benzene rings is 2. The summed E-state index contributed by atoms with van der Waals surface area (Å²) in [4.78, 5) is 35.2. The lowest BCUT2D eigenvalue weighted by atomic mass is 10.1. The third-order valence-corrected chi connectivity index (χ3v) is 8.07. The predicted octanol–water partition coefficient (Wildman–Crippen LogP) is 3.77. The van der Waals surface area contributed by atoms with Crippen LogP contribution in [0.5, 0.6) is 0 Å². The molecular weight excluding hydrogens is 506 g/mol. The van der Waals surface area contributed by atoms with Crippen LogP contribution in [0.3, 0.4) is 0 Å². The molecular formula is C24H31N3O7S2. The smallest absolute Gasteiger partial charge is 0.322 e. The second-order valence-corrected chi connectivity index (χ2v) is 11.5. The van der Waals surface area contributed by atoms with Crippen molar-refractivity contribution < 1.29 is 28.0 Å². The van der Waals surface area contributed by atoms with Crippen molar-refractivity contribution >= 4 is 39.3 Å². The molecule has 0 aromatic heterocycles. The summed E-state index contributed by atoms with van der Waals surface area (Å²) < 4.78 is 27.5. The van der Waals surface area contributed by atoms with Crippen LogP contribution < -0.4 is 5.32 Å². The Bertz CT molecular complexity index is 1120. The average Bonchev–Trinajstić information content (AvgIpc) is 2.84. The third kappa shape index (κ3) is 8.92. The monoisotopic (exact) mass is 537 g/mol. The number of carbonyl (C=O) groups excluding carboxylic acids is 1. The molecule has 2 aromatic carbocycles. The largest absolute Gasteiger partial charge is 0.480 e. The summed E-state index contributed by atoms with van der Waals surface area (Å²) in [6, 6.07) is 12.6. The summed E-state index contributed by atoms with van der Waals surface area (Å²) in [5, 5.41) is 23.5. The maximum absolute atomic E-state index is 13.3. The highest BCUT2D eigenvalue weighted by molar-refractivity contribution is 8.00. The fourth-order valence-electron chi connectivity index (χ4n) is 3.43. The molecule has 2 rings (SSSR count). The minimum atomic E-state index is -4.22. The molecule has 10 nitrogen and oxygen atoms in total. The summed E-state index contributed by atoms with van der Waals surface area (Å²) in [5.41, 5.74) is -0.261. The fourth-order valence-corrected chi connectivity index (χ4v) is 5.95. The van der Waals surface area contributed by atoms with Crippen molar-refractivity contribution in [1.82, 2.24) is 9.62 Å². The standard InChI is InChI=1S/C24H31N3O7S2/c1-18(2)16-26(36(33,34)21-13-11-19(12-14-21)27(31)32)22(24(29)30)10-6-7-15-25-23(28)17-35-20-8-4-3-5-9-20/h3-5,8-9,11-14,18,22H,6-7,10,15-17H2,1-2H3,(H,25,28)(H,29,30)/t22-/m0/s1. The first-order valence-corrected chi connectivity index (χ1v) is 13.9. The molecule has 0 saturated carbocycles. The van der Waals surface area contributed by atoms with Gasteiger partial charge < -0.3 is 10.4 Å². The van der Waals surface area contributed by atoms with Crippen LogP contribution in [0.2, 0.25) is 0 Å². The van der Waals surface area contributed by atoms with Gasteiger partial charge in [0.1, 0.15) is 6.04 Å². The lowest BCUT2D eigenvalue weighted by molar-refractivity contribution is -0.384. The number of nitro benzene ring substituents is 1. The number of aliphatic carboxylic acids is 1. The normalized spacial score (nSPS) is 12.4. The fraction of sp³-hybridized carbons (Fsp3) is 0.417. The number of unbranched alkanes of at least 4 members (excludes halogenated alkanes) is 1. The van der Waals surface area contributed by atoms with Crippen LogP contribution in [0, 0.1) is 16.0 Å². The van der Waals surface area contributed by atoms with Crippen molar-refractivity contribution in [2.75, 3.05) is 18.8 Å². The van der Waals surface area contributed by atoms with E-state index in [2.05, 4.69) is 5.32 Å². The Morgan fingerprint density at radius 1 is 1.08 bits per heavy atom. The van der Waals surface area contributed by atoms with Crippen molar-refractivity contribution in [3.05, 3.63) is 64.7 Å². The van der Waals surface area contributed by atoms with Gasteiger partial charge in [0.2, 0.25) is 15.9 Å². The van der Waals surface area contributed by atoms with Gasteiger partial charge in [-0.2, -0.15) is 4.31 Å². The Kier molecular flexibility index (Phi) is 11.3. The van der Waals surface area contributed by atoms with E-state index in [9.17, 15) is 33.2 Å². The van der Waals surface area contributed by atoms with Gasteiger partial charge in [-0.15, -0.1) is 11.8 Å². The maximum Gasteiger partial charge on any atom is 0.322 e. The zero-order valence-electron chi connectivity index (χ0n) is 20.2. The first-order valence-electron chi connectivity index (χ1n) is 11.5. The second kappa shape index (κ2) is 14.0. The summed E-state index contributed by atoms with van der Waals surface area (Å²) in [5.74, 6) is -1.30. The Labute approximate surface area is 215 Å². The number of thioether (sulfide) groups is 1. The quantitative estimate of drug-likeness (QED) is 0.151. The van der Waals surface area contributed by atoms with Gasteiger partial charge in [0.05, 0.1) is 15.6 Å². The number of carbonyl (C=O) groups is 2. The first-order chi connectivity index (χ1) is 17.0. The van der Waals surface area contributed by atoms with Gasteiger partial charge in [-0.25, -0.2) is 8.42 Å². The van der Waals surface area contributed by atoms with Crippen LogP contribution in [0.4, 0.5) is 5.69 Å². The molecule has 0 saturated heterocycles. The van der Waals surface area contributed by atoms with Crippen LogP contribution in [0.15, 0.2) is 64.4 Å². The van der Waals surface area contributed by atoms with E-state index < -0.39 is 27.0 Å². The molecule has 0 bridgehead atoms. The van der Waals surface area contributed by atoms with Crippen molar-refractivity contribution in [2.24, 2.45) is 5.92 Å². The molecule has 0 aliphatic rings. The van der Waals surface area contributed by atoms with Crippen LogP contribution in [0.1, 0.15) is 33.1 Å². The van der Waals surface area contributed by atoms with Crippen LogP contribution in [-0.2, 0) is 19.6 Å². The van der Waals surface area contributed by atoms with Crippen LogP contribution in [-0.4, -0.2) is 59.5 Å². The molecule has 2 aromatic rings. The van der Waals surface area contributed by atoms with Gasteiger partial charge in [0.15, 0.2) is 0 Å². The van der Waals surface area contributed by atoms with E-state index in [0.29, 0.717) is 19.4 Å². The highest BCUT2D eigenvalue weighted by Gasteiger charge is 2.36. The molecule has 0 aliphatic carbocycles. The van der Waals surface area contributed by atoms with Gasteiger partial charge in [0.25, 0.3) is 5.69 Å². The van der Waals surface area contributed by atoms with E-state index in [-0.39, 0.29) is 41.1 Å². The molecule has 196 valence electrons. The zero-order chi connectivity index (χ0) is 26.7. The second-order valence-electron chi connectivity index (χ2n) is 8.52. The zero-order valence-corrected chi connectivity index (χ0v) is 21.8. The Morgan fingerprint density at radius 2 is 1.72 bits per heavy atom. The maximum atomic E-state index is 13.3. The van der Waals surface area contributed by atoms with E-state index >= 15 is 0 Å². The number of nitro groups is 1. The number of nitrogens with zero attached hydrogens (tertiary/aromatic N) is 2. The van der Waals surface area contributed by atoms with E-state index in [1.165, 1.54) is 11.8 Å². The summed E-state index contributed by atoms with van der Waals surface area (Å²) in [6.07, 6.45) is 0.926. The number of nitrogens with one attached hydrogen (secondary N) is 1. The van der Waals surface area contributed by atoms with Gasteiger partial charge in [0, 0.05) is 30.1 Å². The molecule has 2 N–H and O–H groups in total. The minimum Gasteiger partial charge on any atom is -0.480 e. The van der Waals surface area contributed by atoms with Crippen LogP contribution in [0.25, 0.3) is 0 Å². The predicted molar refractivity (Wildman–Crippen MR) is 137 cm³/mol. The molecule has 0 unspecified atom stereocenters. The summed E-state index contributed by atoms with van der Waals surface area (Å²) in [6.45, 7) is 3.88. The Hall–Kier alpha value is -2.96. The lowest BCUT2D eigenvalue weighted by Gasteiger charge is -2.29. The van der Waals surface area contributed by atoms with Crippen molar-refractivity contribution in [1.29, 1.82) is 0 Å². The van der Waals surface area contributed by atoms with E-state index in [1.54, 1.807) is 13.8 Å². The number of non-ortho nitro benzene ring substituents is 1. The Balaban J connectivity index is 1.98. The molecule has 0 radical (unpaired) electrons. The number of hydrogen-bond donors (Lipinski definition) is 2. The van der Waals surface area contributed by atoms with Crippen molar-refractivity contribution in [2.45, 2.75) is 48.9 Å². The van der Waals surface area contributed by atoms with Crippen molar-refractivity contribution in [3.63, 3.8) is 0 Å². The molecule has 36 heavy (non-hydrogen) atoms. The first kappa shape index (κ1) is 29.3. The van der Waals surface area contributed by atoms with Gasteiger partial charge in [-0.1, -0.05) is 32.0 Å². The van der Waals surface area contributed by atoms with E-state index in [4.69, 9.17) is 0 Å². The van der Waals surface area contributed by atoms with Crippen LogP contribution >= 0.6 is 11.8 Å².